The molecule has 0 fully saturated rings. The average molecular weight is 303 g/mol. The van der Waals surface area contributed by atoms with Crippen LogP contribution in [0.15, 0.2) is 35.3 Å². The number of nitrogens with zero attached hydrogens (tertiary/aromatic N) is 2. The van der Waals surface area contributed by atoms with Crippen LogP contribution >= 0.6 is 22.7 Å². The molecule has 0 unspecified atom stereocenters. The summed E-state index contributed by atoms with van der Waals surface area (Å²) in [4.78, 5) is 18.8. The second-order valence-electron chi connectivity index (χ2n) is 4.51. The molecule has 0 saturated carbocycles. The second-order valence-corrected chi connectivity index (χ2v) is 6.34. The Morgan fingerprint density at radius 2 is 2.30 bits per heavy atom. The molecule has 0 spiro atoms. The van der Waals surface area contributed by atoms with E-state index in [-0.39, 0.29) is 5.91 Å². The minimum atomic E-state index is -0.0464. The number of hydrogen-bond donors (Lipinski definition) is 1. The lowest BCUT2D eigenvalue weighted by molar-refractivity contribution is 0.0791. The molecule has 1 amide bonds. The first-order chi connectivity index (χ1) is 9.66. The zero-order valence-corrected chi connectivity index (χ0v) is 12.5. The van der Waals surface area contributed by atoms with Crippen molar-refractivity contribution < 1.29 is 4.79 Å². The highest BCUT2D eigenvalue weighted by atomic mass is 32.1. The van der Waals surface area contributed by atoms with E-state index >= 15 is 0 Å². The summed E-state index contributed by atoms with van der Waals surface area (Å²) < 4.78 is 0.942. The number of hydrogen-bond acceptors (Lipinski definition) is 5. The van der Waals surface area contributed by atoms with Crippen LogP contribution in [0, 0.1) is 0 Å². The van der Waals surface area contributed by atoms with E-state index in [1.807, 2.05) is 22.9 Å². The average Bonchev–Trinajstić information content (AvgIpc) is 3.07. The molecule has 0 bridgehead atoms. The van der Waals surface area contributed by atoms with Crippen LogP contribution in [0.3, 0.4) is 0 Å². The maximum atomic E-state index is 12.5. The number of fused-ring (bicyclic) bond motifs is 1. The first-order valence-electron chi connectivity index (χ1n) is 6.05. The smallest absolute Gasteiger partial charge is 0.266 e. The van der Waals surface area contributed by atoms with Gasteiger partial charge in [0.25, 0.3) is 5.91 Å². The van der Waals surface area contributed by atoms with Gasteiger partial charge in [0.05, 0.1) is 10.4 Å². The molecule has 0 aromatic carbocycles. The third-order valence-corrected chi connectivity index (χ3v) is 4.95. The first kappa shape index (κ1) is 13.1. The van der Waals surface area contributed by atoms with Crippen molar-refractivity contribution in [2.75, 3.05) is 12.8 Å². The van der Waals surface area contributed by atoms with Gasteiger partial charge in [-0.05, 0) is 28.5 Å². The van der Waals surface area contributed by atoms with Gasteiger partial charge in [-0.15, -0.1) is 11.3 Å². The molecule has 0 aliphatic rings. The first-order valence-corrected chi connectivity index (χ1v) is 7.81. The Morgan fingerprint density at radius 3 is 3.00 bits per heavy atom. The van der Waals surface area contributed by atoms with Crippen molar-refractivity contribution in [3.8, 4) is 0 Å². The SMILES string of the molecule is CN(Cc1ccsc1)C(=O)c1sc2cnccc2c1N. The van der Waals surface area contributed by atoms with Crippen LogP contribution in [0.2, 0.25) is 0 Å². The van der Waals surface area contributed by atoms with Crippen molar-refractivity contribution in [2.45, 2.75) is 6.54 Å². The lowest BCUT2D eigenvalue weighted by Crippen LogP contribution is -2.25. The summed E-state index contributed by atoms with van der Waals surface area (Å²) in [6.07, 6.45) is 3.43. The second kappa shape index (κ2) is 5.22. The topological polar surface area (TPSA) is 59.2 Å². The summed E-state index contributed by atoms with van der Waals surface area (Å²) >= 11 is 3.02. The number of carbonyl (C=O) groups excluding carboxylic acids is 1. The molecule has 6 heteroatoms. The highest BCUT2D eigenvalue weighted by molar-refractivity contribution is 7.21. The highest BCUT2D eigenvalue weighted by Crippen LogP contribution is 2.33. The molecule has 0 aliphatic heterocycles. The summed E-state index contributed by atoms with van der Waals surface area (Å²) in [5.41, 5.74) is 7.77. The van der Waals surface area contributed by atoms with Gasteiger partial charge in [0.2, 0.25) is 0 Å². The fraction of sp³-hybridized carbons (Fsp3) is 0.143. The molecule has 3 aromatic rings. The molecule has 3 heterocycles. The number of aromatic nitrogens is 1. The summed E-state index contributed by atoms with van der Waals surface area (Å²) in [6.45, 7) is 0.592. The zero-order chi connectivity index (χ0) is 14.1. The zero-order valence-electron chi connectivity index (χ0n) is 10.9. The van der Waals surface area contributed by atoms with Crippen LogP contribution < -0.4 is 5.73 Å². The maximum Gasteiger partial charge on any atom is 0.266 e. The highest BCUT2D eigenvalue weighted by Gasteiger charge is 2.19. The van der Waals surface area contributed by atoms with Crippen LogP contribution in [0.5, 0.6) is 0 Å². The standard InChI is InChI=1S/C14H13N3OS2/c1-17(7-9-3-5-19-8-9)14(18)13-12(15)10-2-4-16-6-11(10)20-13/h2-6,8H,7,15H2,1H3. The molecule has 0 atom stereocenters. The van der Waals surface area contributed by atoms with Crippen molar-refractivity contribution in [1.82, 2.24) is 9.88 Å². The number of pyridine rings is 1. The van der Waals surface area contributed by atoms with Gasteiger partial charge in [-0.2, -0.15) is 11.3 Å². The van der Waals surface area contributed by atoms with Crippen LogP contribution in [-0.4, -0.2) is 22.8 Å². The van der Waals surface area contributed by atoms with Crippen molar-refractivity contribution in [1.29, 1.82) is 0 Å². The van der Waals surface area contributed by atoms with E-state index in [9.17, 15) is 4.79 Å². The van der Waals surface area contributed by atoms with E-state index < -0.39 is 0 Å². The van der Waals surface area contributed by atoms with Gasteiger partial charge in [0, 0.05) is 31.4 Å². The number of carbonyl (C=O) groups is 1. The van der Waals surface area contributed by atoms with Gasteiger partial charge in [-0.1, -0.05) is 0 Å². The summed E-state index contributed by atoms with van der Waals surface area (Å²) in [6, 6.07) is 3.86. The van der Waals surface area contributed by atoms with Crippen LogP contribution in [0.25, 0.3) is 10.1 Å². The predicted molar refractivity (Wildman–Crippen MR) is 84.1 cm³/mol. The molecule has 4 nitrogen and oxygen atoms in total. The van der Waals surface area contributed by atoms with Crippen molar-refractivity contribution in [2.24, 2.45) is 0 Å². The number of anilines is 1. The van der Waals surface area contributed by atoms with Crippen molar-refractivity contribution in [3.63, 3.8) is 0 Å². The van der Waals surface area contributed by atoms with E-state index in [0.29, 0.717) is 17.1 Å². The normalized spacial score (nSPS) is 10.8. The quantitative estimate of drug-likeness (QED) is 0.808. The van der Waals surface area contributed by atoms with Gasteiger partial charge >= 0.3 is 0 Å². The van der Waals surface area contributed by atoms with Crippen molar-refractivity contribution >= 4 is 44.4 Å². The van der Waals surface area contributed by atoms with Gasteiger partial charge in [0.1, 0.15) is 4.88 Å². The van der Waals surface area contributed by atoms with Gasteiger partial charge in [-0.25, -0.2) is 0 Å². The molecule has 2 N–H and O–H groups in total. The van der Waals surface area contributed by atoms with Crippen LogP contribution in [0.1, 0.15) is 15.2 Å². The van der Waals surface area contributed by atoms with Crippen LogP contribution in [0.4, 0.5) is 5.69 Å². The number of amides is 1. The Bertz CT molecular complexity index is 749. The number of nitrogens with two attached hydrogens (primary N) is 1. The van der Waals surface area contributed by atoms with Crippen molar-refractivity contribution in [3.05, 3.63) is 45.7 Å². The molecular formula is C14H13N3OS2. The Balaban J connectivity index is 1.90. The van der Waals surface area contributed by atoms with E-state index in [1.54, 1.807) is 35.7 Å². The summed E-state index contributed by atoms with van der Waals surface area (Å²) in [5.74, 6) is -0.0464. The monoisotopic (exact) mass is 303 g/mol. The van der Waals surface area contributed by atoms with E-state index in [2.05, 4.69) is 4.98 Å². The molecule has 0 radical (unpaired) electrons. The third-order valence-electron chi connectivity index (χ3n) is 3.07. The van der Waals surface area contributed by atoms with Gasteiger partial charge in [-0.3, -0.25) is 9.78 Å². The Morgan fingerprint density at radius 1 is 1.45 bits per heavy atom. The van der Waals surface area contributed by atoms with E-state index in [1.165, 1.54) is 11.3 Å². The predicted octanol–water partition coefficient (Wildman–Crippen LogP) is 3.21. The number of rotatable bonds is 3. The maximum absolute atomic E-state index is 12.5. The van der Waals surface area contributed by atoms with Gasteiger partial charge in [0.15, 0.2) is 0 Å². The molecule has 3 rings (SSSR count). The molecule has 20 heavy (non-hydrogen) atoms. The Kier molecular flexibility index (Phi) is 3.42. The molecule has 0 saturated heterocycles. The number of nitrogen functional groups attached to an aromatic ring is 1. The lowest BCUT2D eigenvalue weighted by Gasteiger charge is -2.15. The van der Waals surface area contributed by atoms with Gasteiger partial charge < -0.3 is 10.6 Å². The Hall–Kier alpha value is -1.92. The lowest BCUT2D eigenvalue weighted by atomic mass is 10.2. The minimum absolute atomic E-state index is 0.0464. The molecule has 102 valence electrons. The van der Waals surface area contributed by atoms with E-state index in [0.717, 1.165) is 15.6 Å². The third kappa shape index (κ3) is 2.28. The summed E-state index contributed by atoms with van der Waals surface area (Å²) in [7, 11) is 1.79. The van der Waals surface area contributed by atoms with Crippen LogP contribution in [-0.2, 0) is 6.54 Å². The molecular weight excluding hydrogens is 290 g/mol. The fourth-order valence-corrected chi connectivity index (χ4v) is 3.78. The number of thiophene rings is 2. The Labute approximate surface area is 124 Å². The fourth-order valence-electron chi connectivity index (χ4n) is 2.03. The minimum Gasteiger partial charge on any atom is -0.397 e. The molecule has 3 aromatic heterocycles. The summed E-state index contributed by atoms with van der Waals surface area (Å²) in [5, 5.41) is 4.95. The van der Waals surface area contributed by atoms with E-state index in [4.69, 9.17) is 5.73 Å². The molecule has 0 aliphatic carbocycles. The largest absolute Gasteiger partial charge is 0.397 e.